The SMILES string of the molecule is COc1ccccc1-c1nc2c3c(C)c(C)n(-c4ccccc4Cl)c3ncn2n1. The number of hydrogen-bond acceptors (Lipinski definition) is 4. The number of fused-ring (bicyclic) bond motifs is 3. The number of para-hydroxylation sites is 2. The zero-order chi connectivity index (χ0) is 20.1. The van der Waals surface area contributed by atoms with Gasteiger partial charge >= 0.3 is 0 Å². The van der Waals surface area contributed by atoms with E-state index in [1.807, 2.05) is 48.5 Å². The Kier molecular flexibility index (Phi) is 4.03. The highest BCUT2D eigenvalue weighted by atomic mass is 35.5. The molecule has 0 aliphatic carbocycles. The summed E-state index contributed by atoms with van der Waals surface area (Å²) in [6.45, 7) is 4.14. The molecule has 5 rings (SSSR count). The Morgan fingerprint density at radius 2 is 1.72 bits per heavy atom. The van der Waals surface area contributed by atoms with Gasteiger partial charge in [-0.05, 0) is 43.7 Å². The first-order chi connectivity index (χ1) is 14.1. The van der Waals surface area contributed by atoms with E-state index >= 15 is 0 Å². The van der Waals surface area contributed by atoms with E-state index in [0.29, 0.717) is 10.8 Å². The number of aryl methyl sites for hydroxylation is 1. The molecule has 3 heterocycles. The van der Waals surface area contributed by atoms with Crippen molar-refractivity contribution in [1.82, 2.24) is 24.1 Å². The molecule has 29 heavy (non-hydrogen) atoms. The molecule has 5 aromatic rings. The summed E-state index contributed by atoms with van der Waals surface area (Å²) < 4.78 is 9.27. The maximum Gasteiger partial charge on any atom is 0.185 e. The van der Waals surface area contributed by atoms with Gasteiger partial charge in [-0.1, -0.05) is 35.9 Å². The third-order valence-corrected chi connectivity index (χ3v) is 5.59. The fourth-order valence-electron chi connectivity index (χ4n) is 3.73. The first-order valence-electron chi connectivity index (χ1n) is 9.21. The first kappa shape index (κ1) is 17.7. The molecule has 3 aromatic heterocycles. The molecule has 0 N–H and O–H groups in total. The van der Waals surface area contributed by atoms with Gasteiger partial charge in [0.15, 0.2) is 17.1 Å². The highest BCUT2D eigenvalue weighted by molar-refractivity contribution is 6.32. The minimum atomic E-state index is 0.597. The Labute approximate surface area is 172 Å². The molecule has 0 aliphatic heterocycles. The molecule has 0 saturated heterocycles. The zero-order valence-corrected chi connectivity index (χ0v) is 17.0. The third kappa shape index (κ3) is 2.60. The lowest BCUT2D eigenvalue weighted by Gasteiger charge is -2.09. The van der Waals surface area contributed by atoms with Gasteiger partial charge in [-0.25, -0.2) is 14.5 Å². The van der Waals surface area contributed by atoms with Gasteiger partial charge in [0.1, 0.15) is 12.1 Å². The van der Waals surface area contributed by atoms with E-state index in [1.165, 1.54) is 0 Å². The van der Waals surface area contributed by atoms with E-state index in [0.717, 1.165) is 44.9 Å². The van der Waals surface area contributed by atoms with Crippen LogP contribution in [0.4, 0.5) is 0 Å². The molecular formula is C22H18ClN5O. The van der Waals surface area contributed by atoms with E-state index in [1.54, 1.807) is 18.0 Å². The van der Waals surface area contributed by atoms with Gasteiger partial charge < -0.3 is 4.74 Å². The van der Waals surface area contributed by atoms with Crippen LogP contribution in [0.5, 0.6) is 5.75 Å². The summed E-state index contributed by atoms with van der Waals surface area (Å²) in [5, 5.41) is 6.27. The van der Waals surface area contributed by atoms with Gasteiger partial charge in [-0.15, -0.1) is 5.10 Å². The Balaban J connectivity index is 1.82. The predicted octanol–water partition coefficient (Wildman–Crippen LogP) is 5.01. The Hall–Kier alpha value is -3.38. The summed E-state index contributed by atoms with van der Waals surface area (Å²) in [4.78, 5) is 9.53. The topological polar surface area (TPSA) is 57.2 Å². The lowest BCUT2D eigenvalue weighted by molar-refractivity contribution is 0.416. The van der Waals surface area contributed by atoms with Crippen LogP contribution in [0.1, 0.15) is 11.3 Å². The maximum atomic E-state index is 6.48. The normalized spacial score (nSPS) is 11.4. The van der Waals surface area contributed by atoms with Gasteiger partial charge in [0.25, 0.3) is 0 Å². The molecule has 0 fully saturated rings. The highest BCUT2D eigenvalue weighted by Gasteiger charge is 2.21. The Morgan fingerprint density at radius 3 is 2.52 bits per heavy atom. The molecule has 2 aromatic carbocycles. The van der Waals surface area contributed by atoms with Gasteiger partial charge in [0.05, 0.1) is 28.8 Å². The van der Waals surface area contributed by atoms with Crippen molar-refractivity contribution in [3.05, 3.63) is 71.1 Å². The maximum absolute atomic E-state index is 6.48. The summed E-state index contributed by atoms with van der Waals surface area (Å²) in [5.74, 6) is 1.33. The van der Waals surface area contributed by atoms with Crippen molar-refractivity contribution in [2.45, 2.75) is 13.8 Å². The predicted molar refractivity (Wildman–Crippen MR) is 114 cm³/mol. The number of rotatable bonds is 3. The third-order valence-electron chi connectivity index (χ3n) is 5.27. The molecule has 0 spiro atoms. The van der Waals surface area contributed by atoms with E-state index < -0.39 is 0 Å². The molecule has 0 radical (unpaired) electrons. The van der Waals surface area contributed by atoms with Gasteiger partial charge in [-0.2, -0.15) is 0 Å². The van der Waals surface area contributed by atoms with Gasteiger partial charge in [0.2, 0.25) is 0 Å². The molecule has 0 saturated carbocycles. The molecule has 0 unspecified atom stereocenters. The van der Waals surface area contributed by atoms with Crippen molar-refractivity contribution in [2.75, 3.05) is 7.11 Å². The molecular weight excluding hydrogens is 386 g/mol. The minimum absolute atomic E-state index is 0.597. The number of nitrogens with zero attached hydrogens (tertiary/aromatic N) is 5. The van der Waals surface area contributed by atoms with Crippen LogP contribution in [0.25, 0.3) is 33.8 Å². The summed E-state index contributed by atoms with van der Waals surface area (Å²) in [6, 6.07) is 15.5. The largest absolute Gasteiger partial charge is 0.496 e. The zero-order valence-electron chi connectivity index (χ0n) is 16.2. The fraction of sp³-hybridized carbons (Fsp3) is 0.136. The lowest BCUT2D eigenvalue weighted by atomic mass is 10.2. The summed E-state index contributed by atoms with van der Waals surface area (Å²) in [5.41, 5.74) is 5.45. The average Bonchev–Trinajstić information content (AvgIpc) is 3.28. The van der Waals surface area contributed by atoms with Crippen LogP contribution in [0.2, 0.25) is 5.02 Å². The Morgan fingerprint density at radius 1 is 0.966 bits per heavy atom. The van der Waals surface area contributed by atoms with Crippen molar-refractivity contribution < 1.29 is 4.74 Å². The summed E-state index contributed by atoms with van der Waals surface area (Å²) in [6.07, 6.45) is 1.69. The molecule has 7 heteroatoms. The van der Waals surface area contributed by atoms with Crippen molar-refractivity contribution >= 4 is 28.3 Å². The molecule has 0 amide bonds. The molecule has 0 bridgehead atoms. The lowest BCUT2D eigenvalue weighted by Crippen LogP contribution is -2.00. The van der Waals surface area contributed by atoms with Crippen molar-refractivity contribution in [2.24, 2.45) is 0 Å². The number of benzene rings is 2. The smallest absolute Gasteiger partial charge is 0.185 e. The molecule has 6 nitrogen and oxygen atoms in total. The van der Waals surface area contributed by atoms with Crippen LogP contribution in [0.15, 0.2) is 54.9 Å². The van der Waals surface area contributed by atoms with Crippen molar-refractivity contribution in [3.8, 4) is 22.8 Å². The first-order valence-corrected chi connectivity index (χ1v) is 9.59. The van der Waals surface area contributed by atoms with Crippen LogP contribution in [0, 0.1) is 13.8 Å². The number of aromatic nitrogens is 5. The standard InChI is InChI=1S/C22H18ClN5O/c1-13-14(2)28(17-10-6-5-9-16(17)23)21-19(13)22-25-20(26-27(22)12-24-21)15-8-4-7-11-18(15)29-3/h4-12H,1-3H3. The van der Waals surface area contributed by atoms with Crippen LogP contribution in [0.3, 0.4) is 0 Å². The highest BCUT2D eigenvalue weighted by Crippen LogP contribution is 2.34. The van der Waals surface area contributed by atoms with Crippen LogP contribution < -0.4 is 4.74 Å². The number of hydrogen-bond donors (Lipinski definition) is 0. The van der Waals surface area contributed by atoms with Crippen LogP contribution in [-0.2, 0) is 0 Å². The second-order valence-electron chi connectivity index (χ2n) is 6.84. The molecule has 144 valence electrons. The summed E-state index contributed by atoms with van der Waals surface area (Å²) >= 11 is 6.48. The average molecular weight is 404 g/mol. The monoisotopic (exact) mass is 403 g/mol. The molecule has 0 aliphatic rings. The van der Waals surface area contributed by atoms with Gasteiger partial charge in [-0.3, -0.25) is 4.57 Å². The summed E-state index contributed by atoms with van der Waals surface area (Å²) in [7, 11) is 1.64. The van der Waals surface area contributed by atoms with Crippen molar-refractivity contribution in [3.63, 3.8) is 0 Å². The second-order valence-corrected chi connectivity index (χ2v) is 7.25. The second kappa shape index (κ2) is 6.60. The van der Waals surface area contributed by atoms with Crippen LogP contribution >= 0.6 is 11.6 Å². The number of ether oxygens (including phenoxy) is 1. The number of methoxy groups -OCH3 is 1. The Bertz CT molecular complexity index is 1390. The van der Waals surface area contributed by atoms with E-state index in [2.05, 4.69) is 23.5 Å². The van der Waals surface area contributed by atoms with Gasteiger partial charge in [0, 0.05) is 5.69 Å². The van der Waals surface area contributed by atoms with E-state index in [4.69, 9.17) is 26.3 Å². The van der Waals surface area contributed by atoms with E-state index in [9.17, 15) is 0 Å². The molecule has 0 atom stereocenters. The number of halogens is 1. The fourth-order valence-corrected chi connectivity index (χ4v) is 3.95. The quantitative estimate of drug-likeness (QED) is 0.424. The minimum Gasteiger partial charge on any atom is -0.496 e. The van der Waals surface area contributed by atoms with Crippen LogP contribution in [-0.4, -0.2) is 31.3 Å². The van der Waals surface area contributed by atoms with Crippen molar-refractivity contribution in [1.29, 1.82) is 0 Å². The van der Waals surface area contributed by atoms with E-state index in [-0.39, 0.29) is 0 Å².